The highest BCUT2D eigenvalue weighted by Crippen LogP contribution is 2.59. The molecule has 4 atom stereocenters. The molecule has 0 aromatic heterocycles. The fourth-order valence-corrected chi connectivity index (χ4v) is 6.78. The molecule has 3 nitrogen and oxygen atoms in total. The summed E-state index contributed by atoms with van der Waals surface area (Å²) in [6.45, 7) is 6.75. The number of hydrogen-bond acceptors (Lipinski definition) is 3. The zero-order chi connectivity index (χ0) is 18.9. The Kier molecular flexibility index (Phi) is 6.00. The lowest BCUT2D eigenvalue weighted by atomic mass is 9.61. The topological polar surface area (TPSA) is 43.4 Å². The summed E-state index contributed by atoms with van der Waals surface area (Å²) in [4.78, 5) is 2.37. The van der Waals surface area contributed by atoms with Crippen molar-refractivity contribution in [3.05, 3.63) is 40.4 Å². The van der Waals surface area contributed by atoms with E-state index in [2.05, 4.69) is 34.8 Å². The van der Waals surface area contributed by atoms with E-state index < -0.39 is 10.1 Å². The second-order valence-corrected chi connectivity index (χ2v) is 10.4. The van der Waals surface area contributed by atoms with E-state index in [0.29, 0.717) is 11.8 Å². The van der Waals surface area contributed by atoms with E-state index in [-0.39, 0.29) is 22.8 Å². The summed E-state index contributed by atoms with van der Waals surface area (Å²) in [5.41, 5.74) is 2.82. The first-order valence-corrected chi connectivity index (χ1v) is 11.9. The number of aryl methyl sites for hydroxylation is 1. The van der Waals surface area contributed by atoms with Crippen LogP contribution in [0.2, 0.25) is 0 Å². The lowest BCUT2D eigenvalue weighted by Crippen LogP contribution is -2.37. The van der Waals surface area contributed by atoms with Gasteiger partial charge in [0.25, 0.3) is 10.1 Å². The van der Waals surface area contributed by atoms with Crippen LogP contribution >= 0.6 is 15.9 Å². The number of rotatable bonds is 5. The molecule has 0 aliphatic heterocycles. The van der Waals surface area contributed by atoms with Crippen LogP contribution in [0, 0.1) is 30.1 Å². The van der Waals surface area contributed by atoms with Crippen molar-refractivity contribution in [1.82, 2.24) is 0 Å². The predicted octanol–water partition coefficient (Wildman–Crippen LogP) is 5.83. The van der Waals surface area contributed by atoms with Crippen LogP contribution in [0.4, 0.5) is 0 Å². The fraction of sp³-hybridized carbons (Fsp3) is 0.619. The van der Waals surface area contributed by atoms with Crippen molar-refractivity contribution >= 4 is 26.0 Å². The Morgan fingerprint density at radius 2 is 2.00 bits per heavy atom. The average Bonchev–Trinajstić information content (AvgIpc) is 2.97. The molecular weight excluding hydrogens is 412 g/mol. The van der Waals surface area contributed by atoms with Crippen molar-refractivity contribution < 1.29 is 12.6 Å². The van der Waals surface area contributed by atoms with Gasteiger partial charge in [-0.05, 0) is 79.3 Å². The molecule has 0 bridgehead atoms. The molecule has 26 heavy (non-hydrogen) atoms. The van der Waals surface area contributed by atoms with Gasteiger partial charge in [0.05, 0.1) is 11.5 Å². The molecule has 1 aromatic rings. The summed E-state index contributed by atoms with van der Waals surface area (Å²) < 4.78 is 30.4. The standard InChI is InChI=1S/C21H29BrO3S/c1-15-6-8-18(9-7-15)26(23,24)25-14-16(2)19-10-11-20-17(13-22)5-4-12-21(19,20)3/h6-9,13,16,19-20H,4-5,10-12,14H2,1-3H3/b17-13+/t16-,19+,20+,21+/m0/s1. The van der Waals surface area contributed by atoms with E-state index in [0.717, 1.165) is 12.0 Å². The molecule has 2 aliphatic carbocycles. The summed E-state index contributed by atoms with van der Waals surface area (Å²) >= 11 is 3.55. The number of halogens is 1. The molecule has 3 rings (SSSR count). The van der Waals surface area contributed by atoms with Crippen molar-refractivity contribution in [3.63, 3.8) is 0 Å². The van der Waals surface area contributed by atoms with Crippen LogP contribution in [0.25, 0.3) is 0 Å². The third kappa shape index (κ3) is 3.81. The van der Waals surface area contributed by atoms with Crippen LogP contribution in [0.1, 0.15) is 51.5 Å². The molecule has 0 N–H and O–H groups in total. The maximum Gasteiger partial charge on any atom is 0.296 e. The van der Waals surface area contributed by atoms with Crippen molar-refractivity contribution in [3.8, 4) is 0 Å². The van der Waals surface area contributed by atoms with Crippen molar-refractivity contribution in [2.45, 2.75) is 57.8 Å². The Morgan fingerprint density at radius 3 is 2.65 bits per heavy atom. The maximum atomic E-state index is 12.5. The first-order valence-electron chi connectivity index (χ1n) is 9.53. The van der Waals surface area contributed by atoms with Gasteiger partial charge in [-0.2, -0.15) is 8.42 Å². The molecule has 2 saturated carbocycles. The molecule has 2 fully saturated rings. The SMILES string of the molecule is Cc1ccc(S(=O)(=O)OC[C@H](C)[C@H]2CC[C@@H]3/C(=C/Br)CCC[C@@]32C)cc1. The second kappa shape index (κ2) is 7.76. The Bertz CT molecular complexity index is 769. The summed E-state index contributed by atoms with van der Waals surface area (Å²) in [7, 11) is -3.69. The Labute approximate surface area is 166 Å². The summed E-state index contributed by atoms with van der Waals surface area (Å²) in [5.74, 6) is 1.35. The Morgan fingerprint density at radius 1 is 1.31 bits per heavy atom. The van der Waals surface area contributed by atoms with E-state index in [9.17, 15) is 8.42 Å². The number of fused-ring (bicyclic) bond motifs is 1. The van der Waals surface area contributed by atoms with Gasteiger partial charge in [0.2, 0.25) is 0 Å². The highest BCUT2D eigenvalue weighted by molar-refractivity contribution is 9.11. The van der Waals surface area contributed by atoms with Crippen LogP contribution in [0.5, 0.6) is 0 Å². The van der Waals surface area contributed by atoms with Gasteiger partial charge in [-0.1, -0.05) is 53.0 Å². The van der Waals surface area contributed by atoms with Gasteiger partial charge in [0.1, 0.15) is 0 Å². The van der Waals surface area contributed by atoms with Crippen molar-refractivity contribution in [2.75, 3.05) is 6.61 Å². The molecule has 2 aliphatic rings. The normalized spacial score (nSPS) is 31.8. The monoisotopic (exact) mass is 440 g/mol. The smallest absolute Gasteiger partial charge is 0.266 e. The molecule has 0 radical (unpaired) electrons. The highest BCUT2D eigenvalue weighted by Gasteiger charge is 2.50. The lowest BCUT2D eigenvalue weighted by molar-refractivity contribution is 0.0762. The van der Waals surface area contributed by atoms with Crippen LogP contribution in [-0.4, -0.2) is 15.0 Å². The minimum atomic E-state index is -3.69. The maximum absolute atomic E-state index is 12.5. The lowest BCUT2D eigenvalue weighted by Gasteiger charge is -2.44. The molecular formula is C21H29BrO3S. The minimum Gasteiger partial charge on any atom is -0.266 e. The van der Waals surface area contributed by atoms with Crippen molar-refractivity contribution in [1.29, 1.82) is 0 Å². The average molecular weight is 441 g/mol. The van der Waals surface area contributed by atoms with E-state index in [4.69, 9.17) is 4.18 Å². The van der Waals surface area contributed by atoms with Gasteiger partial charge in [0, 0.05) is 0 Å². The van der Waals surface area contributed by atoms with Crippen molar-refractivity contribution in [2.24, 2.45) is 23.2 Å². The zero-order valence-electron chi connectivity index (χ0n) is 15.9. The van der Waals surface area contributed by atoms with Gasteiger partial charge in [0.15, 0.2) is 0 Å². The first-order chi connectivity index (χ1) is 12.3. The minimum absolute atomic E-state index is 0.222. The van der Waals surface area contributed by atoms with Gasteiger partial charge < -0.3 is 0 Å². The van der Waals surface area contributed by atoms with Gasteiger partial charge in [-0.3, -0.25) is 4.18 Å². The van der Waals surface area contributed by atoms with E-state index in [1.165, 1.54) is 31.3 Å². The Balaban J connectivity index is 1.68. The zero-order valence-corrected chi connectivity index (χ0v) is 18.3. The van der Waals surface area contributed by atoms with Crippen LogP contribution in [-0.2, 0) is 14.3 Å². The number of allylic oxidation sites excluding steroid dienone is 1. The van der Waals surface area contributed by atoms with Gasteiger partial charge >= 0.3 is 0 Å². The van der Waals surface area contributed by atoms with E-state index in [1.54, 1.807) is 24.3 Å². The molecule has 0 saturated heterocycles. The number of hydrogen-bond donors (Lipinski definition) is 0. The second-order valence-electron chi connectivity index (χ2n) is 8.31. The molecule has 0 amide bonds. The van der Waals surface area contributed by atoms with Gasteiger partial charge in [-0.15, -0.1) is 0 Å². The van der Waals surface area contributed by atoms with E-state index >= 15 is 0 Å². The molecule has 0 spiro atoms. The highest BCUT2D eigenvalue weighted by atomic mass is 79.9. The summed E-state index contributed by atoms with van der Waals surface area (Å²) in [6.07, 6.45) is 5.98. The summed E-state index contributed by atoms with van der Waals surface area (Å²) in [5, 5.41) is 0. The quantitative estimate of drug-likeness (QED) is 0.540. The first kappa shape index (κ1) is 20.1. The third-order valence-corrected chi connectivity index (χ3v) is 8.54. The van der Waals surface area contributed by atoms with Crippen LogP contribution < -0.4 is 0 Å². The summed E-state index contributed by atoms with van der Waals surface area (Å²) in [6, 6.07) is 6.85. The molecule has 0 unspecified atom stereocenters. The Hall–Kier alpha value is -0.650. The van der Waals surface area contributed by atoms with Gasteiger partial charge in [-0.25, -0.2) is 0 Å². The number of benzene rings is 1. The predicted molar refractivity (Wildman–Crippen MR) is 109 cm³/mol. The van der Waals surface area contributed by atoms with Crippen LogP contribution in [0.15, 0.2) is 39.7 Å². The molecule has 144 valence electrons. The molecule has 5 heteroatoms. The fourth-order valence-electron chi connectivity index (χ4n) is 5.23. The third-order valence-electron chi connectivity index (χ3n) is 6.66. The largest absolute Gasteiger partial charge is 0.296 e. The van der Waals surface area contributed by atoms with Crippen LogP contribution in [0.3, 0.4) is 0 Å². The van der Waals surface area contributed by atoms with E-state index in [1.807, 2.05) is 6.92 Å². The molecule has 1 aromatic carbocycles. The molecule has 0 heterocycles.